The van der Waals surface area contributed by atoms with Crippen LogP contribution in [0, 0.1) is 5.92 Å². The molecule has 2 fully saturated rings. The zero-order valence-corrected chi connectivity index (χ0v) is 14.8. The minimum absolute atomic E-state index is 0. The predicted molar refractivity (Wildman–Crippen MR) is 95.7 cm³/mol. The molecule has 0 saturated carbocycles. The van der Waals surface area contributed by atoms with Gasteiger partial charge in [-0.05, 0) is 17.7 Å². The Bertz CT molecular complexity index is 492. The van der Waals surface area contributed by atoms with Gasteiger partial charge < -0.3 is 15.4 Å². The molecule has 1 aromatic rings. The first-order valence-electron chi connectivity index (χ1n) is 7.69. The van der Waals surface area contributed by atoms with Crippen LogP contribution in [0.5, 0.6) is 0 Å². The molecule has 2 N–H and O–H groups in total. The fourth-order valence-corrected chi connectivity index (χ4v) is 2.66. The highest BCUT2D eigenvalue weighted by Gasteiger charge is 2.18. The van der Waals surface area contributed by atoms with Gasteiger partial charge in [0.05, 0.1) is 13.2 Å². The number of halogens is 2. The number of morpholine rings is 1. The van der Waals surface area contributed by atoms with E-state index in [1.165, 1.54) is 5.56 Å². The summed E-state index contributed by atoms with van der Waals surface area (Å²) in [5.74, 6) is 0.621. The van der Waals surface area contributed by atoms with Crippen LogP contribution in [0.2, 0.25) is 0 Å². The van der Waals surface area contributed by atoms with Gasteiger partial charge in [-0.1, -0.05) is 12.1 Å². The Hall–Kier alpha value is -0.850. The van der Waals surface area contributed by atoms with Crippen LogP contribution in [0.15, 0.2) is 24.3 Å². The molecule has 2 heterocycles. The number of hydrogen-bond acceptors (Lipinski definition) is 4. The van der Waals surface area contributed by atoms with E-state index in [1.807, 2.05) is 18.2 Å². The van der Waals surface area contributed by atoms with Crippen LogP contribution in [0.4, 0.5) is 0 Å². The Labute approximate surface area is 150 Å². The topological polar surface area (TPSA) is 53.6 Å². The molecule has 130 valence electrons. The van der Waals surface area contributed by atoms with Gasteiger partial charge in [0.15, 0.2) is 0 Å². The second-order valence-corrected chi connectivity index (χ2v) is 5.82. The van der Waals surface area contributed by atoms with Crippen LogP contribution in [-0.4, -0.2) is 56.7 Å². The molecule has 2 aliphatic rings. The lowest BCUT2D eigenvalue weighted by Gasteiger charge is -2.27. The van der Waals surface area contributed by atoms with Crippen molar-refractivity contribution in [2.75, 3.05) is 45.9 Å². The van der Waals surface area contributed by atoms with Crippen LogP contribution in [0.25, 0.3) is 0 Å². The van der Waals surface area contributed by atoms with Gasteiger partial charge >= 0.3 is 0 Å². The van der Waals surface area contributed by atoms with Crippen molar-refractivity contribution in [2.24, 2.45) is 5.92 Å². The third kappa shape index (κ3) is 5.94. The van der Waals surface area contributed by atoms with E-state index < -0.39 is 0 Å². The van der Waals surface area contributed by atoms with Gasteiger partial charge in [-0.15, -0.1) is 24.8 Å². The zero-order valence-electron chi connectivity index (χ0n) is 13.1. The third-order valence-corrected chi connectivity index (χ3v) is 4.12. The lowest BCUT2D eigenvalue weighted by Crippen LogP contribution is -2.48. The molecule has 2 saturated heterocycles. The third-order valence-electron chi connectivity index (χ3n) is 4.12. The van der Waals surface area contributed by atoms with Gasteiger partial charge in [-0.2, -0.15) is 0 Å². The van der Waals surface area contributed by atoms with E-state index in [1.54, 1.807) is 0 Å². The summed E-state index contributed by atoms with van der Waals surface area (Å²) in [6.45, 7) is 7.20. The van der Waals surface area contributed by atoms with E-state index in [0.717, 1.165) is 58.0 Å². The maximum Gasteiger partial charge on any atom is 0.251 e. The van der Waals surface area contributed by atoms with Crippen molar-refractivity contribution in [3.8, 4) is 0 Å². The quantitative estimate of drug-likeness (QED) is 0.830. The summed E-state index contributed by atoms with van der Waals surface area (Å²) < 4.78 is 5.36. The molecule has 0 bridgehead atoms. The van der Waals surface area contributed by atoms with Crippen molar-refractivity contribution in [1.82, 2.24) is 15.5 Å². The summed E-state index contributed by atoms with van der Waals surface area (Å²) in [5.41, 5.74) is 1.95. The van der Waals surface area contributed by atoms with Gasteiger partial charge in [0, 0.05) is 50.7 Å². The SMILES string of the molecule is Cl.Cl.O=C(NCC1CNC1)c1cccc(CN2CCOCC2)c1. The Kier molecular flexibility index (Phi) is 8.87. The Balaban J connectivity index is 0.00000132. The summed E-state index contributed by atoms with van der Waals surface area (Å²) in [4.78, 5) is 14.5. The number of nitrogens with one attached hydrogen (secondary N) is 2. The van der Waals surface area contributed by atoms with Crippen LogP contribution in [-0.2, 0) is 11.3 Å². The van der Waals surface area contributed by atoms with Crippen LogP contribution >= 0.6 is 24.8 Å². The smallest absolute Gasteiger partial charge is 0.251 e. The molecule has 0 unspecified atom stereocenters. The zero-order chi connectivity index (χ0) is 14.5. The second-order valence-electron chi connectivity index (χ2n) is 5.82. The average molecular weight is 362 g/mol. The first-order valence-corrected chi connectivity index (χ1v) is 7.69. The van der Waals surface area contributed by atoms with Crippen molar-refractivity contribution in [3.63, 3.8) is 0 Å². The fraction of sp³-hybridized carbons (Fsp3) is 0.562. The number of carbonyl (C=O) groups excluding carboxylic acids is 1. The molecule has 1 aromatic carbocycles. The molecule has 0 spiro atoms. The minimum Gasteiger partial charge on any atom is -0.379 e. The summed E-state index contributed by atoms with van der Waals surface area (Å²) in [6.07, 6.45) is 0. The largest absolute Gasteiger partial charge is 0.379 e. The predicted octanol–water partition coefficient (Wildman–Crippen LogP) is 1.31. The van der Waals surface area contributed by atoms with Crippen molar-refractivity contribution in [3.05, 3.63) is 35.4 Å². The first-order chi connectivity index (χ1) is 10.3. The van der Waals surface area contributed by atoms with Crippen LogP contribution < -0.4 is 10.6 Å². The molecular formula is C16H25Cl2N3O2. The highest BCUT2D eigenvalue weighted by molar-refractivity contribution is 5.94. The lowest BCUT2D eigenvalue weighted by molar-refractivity contribution is 0.0342. The van der Waals surface area contributed by atoms with E-state index in [4.69, 9.17) is 4.74 Å². The molecule has 2 aliphatic heterocycles. The summed E-state index contributed by atoms with van der Waals surface area (Å²) in [7, 11) is 0. The maximum atomic E-state index is 12.2. The number of nitrogens with zero attached hydrogens (tertiary/aromatic N) is 1. The Morgan fingerprint density at radius 2 is 2.00 bits per heavy atom. The normalized spacial score (nSPS) is 18.3. The molecule has 0 radical (unpaired) electrons. The molecule has 1 amide bonds. The number of amides is 1. The van der Waals surface area contributed by atoms with E-state index >= 15 is 0 Å². The van der Waals surface area contributed by atoms with Gasteiger partial charge in [-0.3, -0.25) is 9.69 Å². The lowest BCUT2D eigenvalue weighted by atomic mass is 10.0. The number of rotatable bonds is 5. The highest BCUT2D eigenvalue weighted by Crippen LogP contribution is 2.10. The number of benzene rings is 1. The van der Waals surface area contributed by atoms with E-state index in [2.05, 4.69) is 21.6 Å². The van der Waals surface area contributed by atoms with E-state index in [-0.39, 0.29) is 30.7 Å². The molecular weight excluding hydrogens is 337 g/mol. The van der Waals surface area contributed by atoms with E-state index in [0.29, 0.717) is 5.92 Å². The Morgan fingerprint density at radius 3 is 2.65 bits per heavy atom. The minimum atomic E-state index is 0. The number of ether oxygens (including phenoxy) is 1. The molecule has 5 nitrogen and oxygen atoms in total. The summed E-state index contributed by atoms with van der Waals surface area (Å²) in [5, 5.41) is 6.23. The fourth-order valence-electron chi connectivity index (χ4n) is 2.66. The second kappa shape index (κ2) is 10.1. The van der Waals surface area contributed by atoms with Crippen molar-refractivity contribution < 1.29 is 9.53 Å². The van der Waals surface area contributed by atoms with Crippen LogP contribution in [0.3, 0.4) is 0 Å². The summed E-state index contributed by atoms with van der Waals surface area (Å²) >= 11 is 0. The first kappa shape index (κ1) is 20.2. The van der Waals surface area contributed by atoms with Crippen LogP contribution in [0.1, 0.15) is 15.9 Å². The molecule has 7 heteroatoms. The maximum absolute atomic E-state index is 12.2. The van der Waals surface area contributed by atoms with Crippen molar-refractivity contribution >= 4 is 30.7 Å². The van der Waals surface area contributed by atoms with E-state index in [9.17, 15) is 4.79 Å². The average Bonchev–Trinajstić information content (AvgIpc) is 2.47. The van der Waals surface area contributed by atoms with Gasteiger partial charge in [0.2, 0.25) is 0 Å². The monoisotopic (exact) mass is 361 g/mol. The molecule has 3 rings (SSSR count). The molecule has 23 heavy (non-hydrogen) atoms. The molecule has 0 atom stereocenters. The van der Waals surface area contributed by atoms with Gasteiger partial charge in [0.25, 0.3) is 5.91 Å². The number of hydrogen-bond donors (Lipinski definition) is 2. The van der Waals surface area contributed by atoms with Gasteiger partial charge in [-0.25, -0.2) is 0 Å². The van der Waals surface area contributed by atoms with Crippen molar-refractivity contribution in [1.29, 1.82) is 0 Å². The molecule has 0 aliphatic carbocycles. The van der Waals surface area contributed by atoms with Crippen molar-refractivity contribution in [2.45, 2.75) is 6.54 Å². The van der Waals surface area contributed by atoms with Gasteiger partial charge in [0.1, 0.15) is 0 Å². The summed E-state index contributed by atoms with van der Waals surface area (Å²) in [6, 6.07) is 7.94. The Morgan fingerprint density at radius 1 is 1.26 bits per heavy atom. The number of carbonyl (C=O) groups is 1. The standard InChI is InChI=1S/C16H23N3O2.2ClH/c20-16(18-11-14-9-17-10-14)15-3-1-2-13(8-15)12-19-4-6-21-7-5-19;;/h1-3,8,14,17H,4-7,9-12H2,(H,18,20);2*1H. The molecule has 0 aromatic heterocycles. The highest BCUT2D eigenvalue weighted by atomic mass is 35.5.